The van der Waals surface area contributed by atoms with E-state index in [1.807, 2.05) is 19.1 Å². The quantitative estimate of drug-likeness (QED) is 0.421. The summed E-state index contributed by atoms with van der Waals surface area (Å²) in [5.74, 6) is 0.171. The molecule has 3 aromatic rings. The zero-order valence-electron chi connectivity index (χ0n) is 17.7. The monoisotopic (exact) mass is 470 g/mol. The minimum absolute atomic E-state index is 0.0167. The molecule has 0 heterocycles. The number of hydrogen-bond acceptors (Lipinski definition) is 4. The topological polar surface area (TPSA) is 84.5 Å². The number of halogens is 1. The standard InChI is InChI=1S/C24H23ClN2O4S/c1-4-13-31-20-10-8-19(9-11-20)26-24(28)18-7-12-21(25)23(15-18)32(29,30)27-22-14-16(2)5-6-17(22)3/h4-12,14-15,27H,1,13H2,2-3H3,(H,26,28). The molecule has 0 aliphatic carbocycles. The zero-order chi connectivity index (χ0) is 23.3. The lowest BCUT2D eigenvalue weighted by atomic mass is 10.1. The number of sulfonamides is 1. The Hall–Kier alpha value is -3.29. The van der Waals surface area contributed by atoms with E-state index in [2.05, 4.69) is 16.6 Å². The van der Waals surface area contributed by atoms with Crippen LogP contribution in [0.1, 0.15) is 21.5 Å². The molecule has 0 saturated carbocycles. The molecule has 32 heavy (non-hydrogen) atoms. The van der Waals surface area contributed by atoms with Crippen LogP contribution in [-0.2, 0) is 10.0 Å². The second kappa shape index (κ2) is 9.89. The number of anilines is 2. The fourth-order valence-electron chi connectivity index (χ4n) is 2.89. The van der Waals surface area contributed by atoms with E-state index in [1.54, 1.807) is 43.3 Å². The van der Waals surface area contributed by atoms with Crippen LogP contribution < -0.4 is 14.8 Å². The molecule has 6 nitrogen and oxygen atoms in total. The number of benzene rings is 3. The Morgan fingerprint density at radius 1 is 1.06 bits per heavy atom. The van der Waals surface area contributed by atoms with Crippen LogP contribution >= 0.6 is 11.6 Å². The van der Waals surface area contributed by atoms with Gasteiger partial charge in [0.15, 0.2) is 0 Å². The molecule has 8 heteroatoms. The van der Waals surface area contributed by atoms with Crippen molar-refractivity contribution in [3.63, 3.8) is 0 Å². The number of aryl methyl sites for hydroxylation is 2. The Balaban J connectivity index is 1.82. The molecular formula is C24H23ClN2O4S. The summed E-state index contributed by atoms with van der Waals surface area (Å²) in [6.07, 6.45) is 1.64. The molecule has 0 fully saturated rings. The minimum atomic E-state index is -4.01. The van der Waals surface area contributed by atoms with Gasteiger partial charge in [-0.3, -0.25) is 9.52 Å². The number of nitrogens with one attached hydrogen (secondary N) is 2. The summed E-state index contributed by atoms with van der Waals surface area (Å²) in [5.41, 5.74) is 2.82. The lowest BCUT2D eigenvalue weighted by Crippen LogP contribution is -2.17. The third-order valence-electron chi connectivity index (χ3n) is 4.60. The van der Waals surface area contributed by atoms with E-state index in [1.165, 1.54) is 18.2 Å². The molecule has 3 aromatic carbocycles. The molecule has 0 aromatic heterocycles. The van der Waals surface area contributed by atoms with E-state index in [0.29, 0.717) is 23.7 Å². The van der Waals surface area contributed by atoms with Gasteiger partial charge in [0.25, 0.3) is 15.9 Å². The number of rotatable bonds is 8. The third-order valence-corrected chi connectivity index (χ3v) is 6.45. The SMILES string of the molecule is C=CCOc1ccc(NC(=O)c2ccc(Cl)c(S(=O)(=O)Nc3cc(C)ccc3C)c2)cc1. The highest BCUT2D eigenvalue weighted by atomic mass is 35.5. The maximum absolute atomic E-state index is 13.0. The summed E-state index contributed by atoms with van der Waals surface area (Å²) >= 11 is 6.17. The number of carbonyl (C=O) groups is 1. The van der Waals surface area contributed by atoms with Crippen molar-refractivity contribution < 1.29 is 17.9 Å². The maximum atomic E-state index is 13.0. The van der Waals surface area contributed by atoms with Gasteiger partial charge >= 0.3 is 0 Å². The third kappa shape index (κ3) is 5.69. The van der Waals surface area contributed by atoms with Crippen molar-refractivity contribution in [1.82, 2.24) is 0 Å². The zero-order valence-corrected chi connectivity index (χ0v) is 19.3. The summed E-state index contributed by atoms with van der Waals surface area (Å²) < 4.78 is 34.0. The van der Waals surface area contributed by atoms with Gasteiger partial charge < -0.3 is 10.1 Å². The number of carbonyl (C=O) groups excluding carboxylic acids is 1. The lowest BCUT2D eigenvalue weighted by molar-refractivity contribution is 0.102. The van der Waals surface area contributed by atoms with Crippen molar-refractivity contribution >= 4 is 38.9 Å². The predicted octanol–water partition coefficient (Wildman–Crippen LogP) is 5.57. The molecule has 0 atom stereocenters. The Morgan fingerprint density at radius 2 is 1.78 bits per heavy atom. The van der Waals surface area contributed by atoms with E-state index in [-0.39, 0.29) is 15.5 Å². The summed E-state index contributed by atoms with van der Waals surface area (Å²) in [6, 6.07) is 16.4. The second-order valence-electron chi connectivity index (χ2n) is 7.15. The summed E-state index contributed by atoms with van der Waals surface area (Å²) in [5, 5.41) is 2.75. The first-order valence-electron chi connectivity index (χ1n) is 9.74. The van der Waals surface area contributed by atoms with Crippen molar-refractivity contribution in [2.24, 2.45) is 0 Å². The average molecular weight is 471 g/mol. The van der Waals surface area contributed by atoms with E-state index in [4.69, 9.17) is 16.3 Å². The molecule has 1 amide bonds. The van der Waals surface area contributed by atoms with Crippen LogP contribution in [0.15, 0.2) is 78.2 Å². The van der Waals surface area contributed by atoms with Gasteiger partial charge in [0.05, 0.1) is 10.7 Å². The van der Waals surface area contributed by atoms with Gasteiger partial charge in [-0.05, 0) is 73.5 Å². The summed E-state index contributed by atoms with van der Waals surface area (Å²) in [4.78, 5) is 12.5. The average Bonchev–Trinajstić information content (AvgIpc) is 2.75. The van der Waals surface area contributed by atoms with Crippen LogP contribution in [0.2, 0.25) is 5.02 Å². The van der Waals surface area contributed by atoms with Gasteiger partial charge in [-0.25, -0.2) is 8.42 Å². The maximum Gasteiger partial charge on any atom is 0.263 e. The molecule has 2 N–H and O–H groups in total. The molecule has 0 bridgehead atoms. The van der Waals surface area contributed by atoms with E-state index < -0.39 is 15.9 Å². The smallest absolute Gasteiger partial charge is 0.263 e. The van der Waals surface area contributed by atoms with Crippen LogP contribution in [-0.4, -0.2) is 20.9 Å². The summed E-state index contributed by atoms with van der Waals surface area (Å²) in [6.45, 7) is 7.64. The van der Waals surface area contributed by atoms with Crippen molar-refractivity contribution in [3.05, 3.63) is 95.0 Å². The molecule has 0 aliphatic heterocycles. The first-order valence-corrected chi connectivity index (χ1v) is 11.6. The van der Waals surface area contributed by atoms with Gasteiger partial charge in [-0.1, -0.05) is 36.4 Å². The normalized spacial score (nSPS) is 11.0. The molecular weight excluding hydrogens is 448 g/mol. The lowest BCUT2D eigenvalue weighted by Gasteiger charge is -2.13. The van der Waals surface area contributed by atoms with Crippen LogP contribution in [0.4, 0.5) is 11.4 Å². The van der Waals surface area contributed by atoms with Gasteiger partial charge in [-0.15, -0.1) is 0 Å². The Labute approximate surface area is 192 Å². The molecule has 0 spiro atoms. The number of hydrogen-bond donors (Lipinski definition) is 2. The van der Waals surface area contributed by atoms with Crippen molar-refractivity contribution in [2.45, 2.75) is 18.7 Å². The van der Waals surface area contributed by atoms with Gasteiger partial charge in [0, 0.05) is 11.3 Å². The van der Waals surface area contributed by atoms with Crippen molar-refractivity contribution in [1.29, 1.82) is 0 Å². The van der Waals surface area contributed by atoms with Gasteiger partial charge in [-0.2, -0.15) is 0 Å². The van der Waals surface area contributed by atoms with Crippen molar-refractivity contribution in [3.8, 4) is 5.75 Å². The number of amides is 1. The first-order chi connectivity index (χ1) is 15.2. The fourth-order valence-corrected chi connectivity index (χ4v) is 4.54. The van der Waals surface area contributed by atoms with Crippen molar-refractivity contribution in [2.75, 3.05) is 16.6 Å². The highest BCUT2D eigenvalue weighted by Gasteiger charge is 2.21. The Kier molecular flexibility index (Phi) is 7.22. The van der Waals surface area contributed by atoms with Crippen LogP contribution in [0, 0.1) is 13.8 Å². The van der Waals surface area contributed by atoms with Gasteiger partial charge in [0.1, 0.15) is 17.3 Å². The second-order valence-corrected chi connectivity index (χ2v) is 9.21. The van der Waals surface area contributed by atoms with Gasteiger partial charge in [0.2, 0.25) is 0 Å². The molecule has 0 aliphatic rings. The molecule has 166 valence electrons. The first kappa shape index (κ1) is 23.4. The van der Waals surface area contributed by atoms with E-state index in [9.17, 15) is 13.2 Å². The van der Waals surface area contributed by atoms with Crippen LogP contribution in [0.3, 0.4) is 0 Å². The fraction of sp³-hybridized carbons (Fsp3) is 0.125. The summed E-state index contributed by atoms with van der Waals surface area (Å²) in [7, 11) is -4.01. The van der Waals surface area contributed by atoms with Crippen LogP contribution in [0.25, 0.3) is 0 Å². The highest BCUT2D eigenvalue weighted by Crippen LogP contribution is 2.27. The predicted molar refractivity (Wildman–Crippen MR) is 128 cm³/mol. The number of ether oxygens (including phenoxy) is 1. The largest absolute Gasteiger partial charge is 0.490 e. The minimum Gasteiger partial charge on any atom is -0.490 e. The van der Waals surface area contributed by atoms with E-state index >= 15 is 0 Å². The Morgan fingerprint density at radius 3 is 2.47 bits per heavy atom. The molecule has 0 radical (unpaired) electrons. The highest BCUT2D eigenvalue weighted by molar-refractivity contribution is 7.92. The Bertz CT molecular complexity index is 1260. The van der Waals surface area contributed by atoms with Crippen LogP contribution in [0.5, 0.6) is 5.75 Å². The molecule has 3 rings (SSSR count). The molecule has 0 saturated heterocycles. The molecule has 0 unspecified atom stereocenters. The van der Waals surface area contributed by atoms with E-state index in [0.717, 1.165) is 11.1 Å².